The summed E-state index contributed by atoms with van der Waals surface area (Å²) in [5.74, 6) is -6.55. The number of likely N-dealkylation sites (N-methyl/N-ethyl adjacent to an activating group) is 1. The van der Waals surface area contributed by atoms with E-state index in [2.05, 4.69) is 16.2 Å². The molecule has 27 heavy (non-hydrogen) atoms. The van der Waals surface area contributed by atoms with Gasteiger partial charge in [0.2, 0.25) is 0 Å². The van der Waals surface area contributed by atoms with Crippen molar-refractivity contribution >= 4 is 23.4 Å². The van der Waals surface area contributed by atoms with Crippen LogP contribution in [-0.2, 0) is 9.59 Å². The number of hydrogen-bond donors (Lipinski definition) is 4. The van der Waals surface area contributed by atoms with Crippen LogP contribution in [0.15, 0.2) is 34.9 Å². The number of furan rings is 1. The van der Waals surface area contributed by atoms with Crippen molar-refractivity contribution in [2.24, 2.45) is 0 Å². The second kappa shape index (κ2) is 8.85. The first-order chi connectivity index (χ1) is 12.8. The van der Waals surface area contributed by atoms with Gasteiger partial charge in [0.1, 0.15) is 0 Å². The van der Waals surface area contributed by atoms with E-state index in [1.165, 1.54) is 25.4 Å². The molecule has 0 radical (unpaired) electrons. The van der Waals surface area contributed by atoms with Gasteiger partial charge in [0.05, 0.1) is 19.0 Å². The summed E-state index contributed by atoms with van der Waals surface area (Å²) in [7, 11) is 1.50. The Morgan fingerprint density at radius 1 is 1.00 bits per heavy atom. The zero-order chi connectivity index (χ0) is 20.0. The van der Waals surface area contributed by atoms with Gasteiger partial charge in [-0.15, -0.1) is 0 Å². The van der Waals surface area contributed by atoms with Crippen molar-refractivity contribution in [2.45, 2.75) is 0 Å². The number of carbonyl (C=O) groups excluding carboxylic acids is 3. The van der Waals surface area contributed by atoms with Crippen molar-refractivity contribution in [1.82, 2.24) is 10.9 Å². The van der Waals surface area contributed by atoms with Crippen LogP contribution in [0.4, 0.5) is 18.9 Å². The lowest BCUT2D eigenvalue weighted by molar-refractivity contribution is -0.862. The van der Waals surface area contributed by atoms with Gasteiger partial charge in [0.15, 0.2) is 36.3 Å². The highest BCUT2D eigenvalue weighted by Crippen LogP contribution is 2.19. The number of quaternary nitrogens is 1. The number of hydrazine groups is 1. The van der Waals surface area contributed by atoms with E-state index in [1.54, 1.807) is 0 Å². The maximum Gasteiger partial charge on any atom is 0.305 e. The maximum absolute atomic E-state index is 13.5. The number of halogens is 3. The van der Waals surface area contributed by atoms with Gasteiger partial charge in [0.25, 0.3) is 11.8 Å². The molecule has 1 heterocycles. The van der Waals surface area contributed by atoms with Gasteiger partial charge < -0.3 is 14.6 Å². The normalized spacial score (nSPS) is 11.6. The monoisotopic (exact) mass is 385 g/mol. The number of hydrogen-bond acceptors (Lipinski definition) is 4. The molecule has 0 fully saturated rings. The Morgan fingerprint density at radius 2 is 1.70 bits per heavy atom. The molecular formula is C16H16F3N4O4+. The van der Waals surface area contributed by atoms with Crippen LogP contribution >= 0.6 is 0 Å². The third kappa shape index (κ3) is 5.57. The molecule has 0 aliphatic heterocycles. The molecular weight excluding hydrogens is 369 g/mol. The van der Waals surface area contributed by atoms with Gasteiger partial charge >= 0.3 is 5.91 Å². The lowest BCUT2D eigenvalue weighted by Gasteiger charge is -2.14. The molecule has 4 N–H and O–H groups in total. The first-order valence-corrected chi connectivity index (χ1v) is 7.65. The Balaban J connectivity index is 1.78. The summed E-state index contributed by atoms with van der Waals surface area (Å²) in [6, 6.07) is 4.47. The van der Waals surface area contributed by atoms with E-state index in [9.17, 15) is 27.6 Å². The summed E-state index contributed by atoms with van der Waals surface area (Å²) < 4.78 is 44.3. The third-order valence-electron chi connectivity index (χ3n) is 3.29. The van der Waals surface area contributed by atoms with E-state index in [0.717, 1.165) is 6.07 Å². The fraction of sp³-hybridized carbons (Fsp3) is 0.188. The fourth-order valence-corrected chi connectivity index (χ4v) is 2.07. The summed E-state index contributed by atoms with van der Waals surface area (Å²) in [5.41, 5.74) is 3.76. The van der Waals surface area contributed by atoms with Gasteiger partial charge in [-0.3, -0.25) is 25.2 Å². The minimum absolute atomic E-state index is 0.00364. The van der Waals surface area contributed by atoms with Gasteiger partial charge in [-0.2, -0.15) is 0 Å². The van der Waals surface area contributed by atoms with Crippen LogP contribution in [0.1, 0.15) is 10.6 Å². The molecule has 11 heteroatoms. The summed E-state index contributed by atoms with van der Waals surface area (Å²) >= 11 is 0. The van der Waals surface area contributed by atoms with Crippen LogP contribution in [0.25, 0.3) is 0 Å². The Morgan fingerprint density at radius 3 is 2.37 bits per heavy atom. The van der Waals surface area contributed by atoms with Crippen LogP contribution < -0.4 is 21.1 Å². The molecule has 2 rings (SSSR count). The Labute approximate surface area is 151 Å². The molecule has 0 aliphatic rings. The number of benzene rings is 1. The zero-order valence-corrected chi connectivity index (χ0v) is 14.1. The Kier molecular flexibility index (Phi) is 6.55. The van der Waals surface area contributed by atoms with Gasteiger partial charge in [-0.05, 0) is 24.3 Å². The Bertz CT molecular complexity index is 842. The second-order valence-corrected chi connectivity index (χ2v) is 5.56. The standard InChI is InChI=1S/C16H15F3N4O4/c1-23(8-13(25)21-22-16(26)11-3-2-6-27-11)7-12(24)20-10-5-4-9(17)14(18)15(10)19/h2-6H,7-8H2,1H3,(H,20,24)(H,21,25)(H,22,26)/p+1. The fourth-order valence-electron chi connectivity index (χ4n) is 2.07. The summed E-state index contributed by atoms with van der Waals surface area (Å²) in [4.78, 5) is 35.6. The predicted molar refractivity (Wildman–Crippen MR) is 85.9 cm³/mol. The topological polar surface area (TPSA) is 105 Å². The van der Waals surface area contributed by atoms with E-state index in [4.69, 9.17) is 4.42 Å². The highest BCUT2D eigenvalue weighted by Gasteiger charge is 2.19. The molecule has 0 aliphatic carbocycles. The van der Waals surface area contributed by atoms with Crippen molar-refractivity contribution in [1.29, 1.82) is 0 Å². The molecule has 2 aromatic rings. The predicted octanol–water partition coefficient (Wildman–Crippen LogP) is -0.389. The van der Waals surface area contributed by atoms with Crippen molar-refractivity contribution in [3.05, 3.63) is 53.7 Å². The minimum atomic E-state index is -1.69. The maximum atomic E-state index is 13.5. The van der Waals surface area contributed by atoms with Crippen LogP contribution in [0.5, 0.6) is 0 Å². The van der Waals surface area contributed by atoms with E-state index in [0.29, 0.717) is 11.0 Å². The van der Waals surface area contributed by atoms with Crippen molar-refractivity contribution < 1.29 is 36.9 Å². The molecule has 0 saturated carbocycles. The first-order valence-electron chi connectivity index (χ1n) is 7.65. The molecule has 0 bridgehead atoms. The van der Waals surface area contributed by atoms with E-state index in [-0.39, 0.29) is 18.8 Å². The number of amides is 3. The molecule has 0 saturated heterocycles. The molecule has 1 unspecified atom stereocenters. The molecule has 144 valence electrons. The van der Waals surface area contributed by atoms with Crippen LogP contribution in [0, 0.1) is 17.5 Å². The number of nitrogens with one attached hydrogen (secondary N) is 4. The third-order valence-corrected chi connectivity index (χ3v) is 3.29. The molecule has 1 aromatic carbocycles. The average molecular weight is 385 g/mol. The highest BCUT2D eigenvalue weighted by molar-refractivity contribution is 5.93. The van der Waals surface area contributed by atoms with Crippen LogP contribution in [0.2, 0.25) is 0 Å². The number of anilines is 1. The molecule has 1 atom stereocenters. The minimum Gasteiger partial charge on any atom is -0.459 e. The first kappa shape index (κ1) is 20.0. The largest absolute Gasteiger partial charge is 0.459 e. The van der Waals surface area contributed by atoms with Crippen molar-refractivity contribution in [2.75, 3.05) is 25.5 Å². The van der Waals surface area contributed by atoms with E-state index in [1.807, 2.05) is 0 Å². The SMILES string of the molecule is C[NH+](CC(=O)NNC(=O)c1ccco1)CC(=O)Nc1ccc(F)c(F)c1F. The molecule has 1 aromatic heterocycles. The molecule has 3 amide bonds. The quantitative estimate of drug-likeness (QED) is 0.402. The second-order valence-electron chi connectivity index (χ2n) is 5.56. The highest BCUT2D eigenvalue weighted by atomic mass is 19.2. The average Bonchev–Trinajstić information content (AvgIpc) is 3.14. The van der Waals surface area contributed by atoms with Crippen molar-refractivity contribution in [3.63, 3.8) is 0 Å². The van der Waals surface area contributed by atoms with E-state index >= 15 is 0 Å². The lowest BCUT2D eigenvalue weighted by Crippen LogP contribution is -3.11. The summed E-state index contributed by atoms with van der Waals surface area (Å²) in [5, 5.41) is 2.10. The smallest absolute Gasteiger partial charge is 0.305 e. The lowest BCUT2D eigenvalue weighted by atomic mass is 10.2. The summed E-state index contributed by atoms with van der Waals surface area (Å²) in [6.45, 7) is -0.468. The number of carbonyl (C=O) groups is 3. The summed E-state index contributed by atoms with van der Waals surface area (Å²) in [6.07, 6.45) is 1.29. The molecule has 0 spiro atoms. The van der Waals surface area contributed by atoms with Gasteiger partial charge in [-0.25, -0.2) is 13.2 Å². The van der Waals surface area contributed by atoms with Crippen LogP contribution in [0.3, 0.4) is 0 Å². The van der Waals surface area contributed by atoms with E-state index < -0.39 is 40.9 Å². The van der Waals surface area contributed by atoms with Crippen molar-refractivity contribution in [3.8, 4) is 0 Å². The van der Waals surface area contributed by atoms with Crippen LogP contribution in [-0.4, -0.2) is 37.9 Å². The van der Waals surface area contributed by atoms with Gasteiger partial charge in [0, 0.05) is 0 Å². The number of rotatable bonds is 6. The molecule has 8 nitrogen and oxygen atoms in total. The zero-order valence-electron chi connectivity index (χ0n) is 14.1. The van der Waals surface area contributed by atoms with Gasteiger partial charge in [-0.1, -0.05) is 0 Å². The Hall–Kier alpha value is -3.34.